The van der Waals surface area contributed by atoms with Gasteiger partial charge in [-0.2, -0.15) is 0 Å². The number of nitrogens with zero attached hydrogens (tertiary/aromatic N) is 2. The van der Waals surface area contributed by atoms with E-state index in [4.69, 9.17) is 31.9 Å². The summed E-state index contributed by atoms with van der Waals surface area (Å²) in [6, 6.07) is 2.50. The van der Waals surface area contributed by atoms with Gasteiger partial charge in [0, 0.05) is 0 Å². The predicted octanol–water partition coefficient (Wildman–Crippen LogP) is 1.07. The number of aliphatic hydroxyl groups excluding tert-OH is 1. The molecule has 0 saturated carbocycles. The summed E-state index contributed by atoms with van der Waals surface area (Å²) in [7, 11) is 0. The van der Waals surface area contributed by atoms with E-state index in [1.165, 1.54) is 17.5 Å². The summed E-state index contributed by atoms with van der Waals surface area (Å²) in [6.07, 6.45) is 0. The molecule has 1 heterocycles. The van der Waals surface area contributed by atoms with Crippen LogP contribution in [-0.2, 0) is 6.61 Å². The van der Waals surface area contributed by atoms with E-state index in [0.717, 1.165) is 0 Å². The number of aliphatic hydroxyl groups is 1. The number of aromatic carboxylic acids is 1. The van der Waals surface area contributed by atoms with Crippen molar-refractivity contribution >= 4 is 17.6 Å². The fourth-order valence-corrected chi connectivity index (χ4v) is 0.982. The molecule has 8 heteroatoms. The molecule has 0 atom stereocenters. The third-order valence-corrected chi connectivity index (χ3v) is 1.45. The van der Waals surface area contributed by atoms with E-state index < -0.39 is 5.97 Å². The van der Waals surface area contributed by atoms with Gasteiger partial charge in [0.05, 0.1) is 17.9 Å². The van der Waals surface area contributed by atoms with Crippen LogP contribution in [0.1, 0.15) is 16.1 Å². The standard InChI is InChI=1S/C7H6ClNO3.HNO2/c8-6-2-4(7(11)12)1-5(3-10)9-6;2-1-3/h1-2,10H,3H2,(H,11,12);(H,2,3). The number of hydrogen-bond donors (Lipinski definition) is 3. The lowest BCUT2D eigenvalue weighted by molar-refractivity contribution is 0.0696. The monoisotopic (exact) mass is 234 g/mol. The summed E-state index contributed by atoms with van der Waals surface area (Å²) in [4.78, 5) is 22.3. The van der Waals surface area contributed by atoms with Crippen LogP contribution in [0, 0.1) is 4.91 Å². The minimum Gasteiger partial charge on any atom is -0.478 e. The lowest BCUT2D eigenvalue weighted by Crippen LogP contribution is -2.00. The molecule has 0 aliphatic heterocycles. The minimum atomic E-state index is -1.09. The van der Waals surface area contributed by atoms with Crippen LogP contribution in [0.3, 0.4) is 0 Å². The maximum Gasteiger partial charge on any atom is 0.335 e. The Bertz CT molecular complexity index is 357. The van der Waals surface area contributed by atoms with E-state index in [1.807, 2.05) is 0 Å². The van der Waals surface area contributed by atoms with Crippen LogP contribution in [0.2, 0.25) is 5.15 Å². The first-order chi connectivity index (χ1) is 7.04. The van der Waals surface area contributed by atoms with E-state index in [2.05, 4.69) is 4.98 Å². The smallest absolute Gasteiger partial charge is 0.335 e. The van der Waals surface area contributed by atoms with Gasteiger partial charge in [0.2, 0.25) is 0 Å². The molecule has 0 aliphatic rings. The molecule has 0 fully saturated rings. The summed E-state index contributed by atoms with van der Waals surface area (Å²) < 4.78 is 0. The van der Waals surface area contributed by atoms with E-state index in [-0.39, 0.29) is 23.0 Å². The van der Waals surface area contributed by atoms with Crippen LogP contribution < -0.4 is 0 Å². The molecule has 7 nitrogen and oxygen atoms in total. The molecule has 0 amide bonds. The molecule has 15 heavy (non-hydrogen) atoms. The normalized spacial score (nSPS) is 8.67. The first-order valence-electron chi connectivity index (χ1n) is 3.52. The second-order valence-electron chi connectivity index (χ2n) is 2.21. The molecule has 0 bridgehead atoms. The Morgan fingerprint density at radius 3 is 2.47 bits per heavy atom. The minimum absolute atomic E-state index is 0.0269. The van der Waals surface area contributed by atoms with Gasteiger partial charge in [0.1, 0.15) is 5.15 Å². The quantitative estimate of drug-likeness (QED) is 0.400. The summed E-state index contributed by atoms with van der Waals surface area (Å²) in [6.45, 7) is -0.319. The number of pyridine rings is 1. The number of hydrogen-bond acceptors (Lipinski definition) is 5. The number of carboxylic acid groups (broad SMARTS) is 1. The maximum atomic E-state index is 10.5. The Labute approximate surface area is 88.9 Å². The molecule has 1 rings (SSSR count). The number of halogens is 1. The average molecular weight is 235 g/mol. The first kappa shape index (κ1) is 13.3. The zero-order valence-electron chi connectivity index (χ0n) is 7.29. The van der Waals surface area contributed by atoms with Crippen LogP contribution in [-0.4, -0.2) is 26.4 Å². The predicted molar refractivity (Wildman–Crippen MR) is 49.7 cm³/mol. The van der Waals surface area contributed by atoms with Crippen LogP contribution in [0.5, 0.6) is 0 Å². The highest BCUT2D eigenvalue weighted by Gasteiger charge is 2.06. The molecule has 1 aromatic heterocycles. The molecule has 0 spiro atoms. The summed E-state index contributed by atoms with van der Waals surface area (Å²) in [5.74, 6) is -1.09. The van der Waals surface area contributed by atoms with Gasteiger partial charge in [-0.15, -0.1) is 4.91 Å². The third-order valence-electron chi connectivity index (χ3n) is 1.26. The molecule has 0 unspecified atom stereocenters. The van der Waals surface area contributed by atoms with Crippen LogP contribution >= 0.6 is 11.6 Å². The average Bonchev–Trinajstić information content (AvgIpc) is 2.18. The van der Waals surface area contributed by atoms with Gasteiger partial charge in [0.25, 0.3) is 0 Å². The largest absolute Gasteiger partial charge is 0.478 e. The highest BCUT2D eigenvalue weighted by molar-refractivity contribution is 6.29. The molecule has 0 aromatic carbocycles. The lowest BCUT2D eigenvalue weighted by atomic mass is 10.2. The van der Waals surface area contributed by atoms with Crippen molar-refractivity contribution in [2.75, 3.05) is 0 Å². The van der Waals surface area contributed by atoms with Gasteiger partial charge in [-0.1, -0.05) is 11.6 Å². The van der Waals surface area contributed by atoms with Gasteiger partial charge in [-0.05, 0) is 12.1 Å². The Balaban J connectivity index is 0.000000583. The van der Waals surface area contributed by atoms with Crippen molar-refractivity contribution in [3.05, 3.63) is 33.5 Å². The third kappa shape index (κ3) is 4.89. The van der Waals surface area contributed by atoms with E-state index in [1.54, 1.807) is 0 Å². The number of aromatic nitrogens is 1. The lowest BCUT2D eigenvalue weighted by Gasteiger charge is -1.98. The number of rotatable bonds is 2. The zero-order chi connectivity index (χ0) is 11.8. The van der Waals surface area contributed by atoms with Crippen molar-refractivity contribution in [3.63, 3.8) is 0 Å². The molecule has 1 aromatic rings. The Morgan fingerprint density at radius 1 is 1.53 bits per heavy atom. The van der Waals surface area contributed by atoms with Gasteiger partial charge in [-0.25, -0.2) is 9.78 Å². The SMILES string of the molecule is O=C(O)c1cc(Cl)nc(CO)c1.O=NO. The molecule has 3 N–H and O–H groups in total. The molecule has 0 radical (unpaired) electrons. The van der Waals surface area contributed by atoms with Crippen LogP contribution in [0.15, 0.2) is 17.5 Å². The summed E-state index contributed by atoms with van der Waals surface area (Å²) >= 11 is 5.49. The number of carboxylic acids is 1. The summed E-state index contributed by atoms with van der Waals surface area (Å²) in [5, 5.41) is 25.2. The van der Waals surface area contributed by atoms with Gasteiger partial charge in [-0.3, -0.25) is 0 Å². The number of carbonyl (C=O) groups is 1. The Morgan fingerprint density at radius 2 is 2.07 bits per heavy atom. The fourth-order valence-electron chi connectivity index (χ4n) is 0.756. The first-order valence-corrected chi connectivity index (χ1v) is 3.90. The highest BCUT2D eigenvalue weighted by Crippen LogP contribution is 2.10. The second-order valence-corrected chi connectivity index (χ2v) is 2.60. The maximum absolute atomic E-state index is 10.5. The molecule has 82 valence electrons. The molecule has 0 aliphatic carbocycles. The van der Waals surface area contributed by atoms with Gasteiger partial charge in [0.15, 0.2) is 5.34 Å². The van der Waals surface area contributed by atoms with Crippen molar-refractivity contribution in [2.45, 2.75) is 6.61 Å². The van der Waals surface area contributed by atoms with Crippen LogP contribution in [0.4, 0.5) is 0 Å². The van der Waals surface area contributed by atoms with Crippen molar-refractivity contribution in [2.24, 2.45) is 5.34 Å². The highest BCUT2D eigenvalue weighted by atomic mass is 35.5. The second kappa shape index (κ2) is 6.68. The Hall–Kier alpha value is -1.73. The topological polar surface area (TPSA) is 120 Å². The van der Waals surface area contributed by atoms with Gasteiger partial charge >= 0.3 is 5.97 Å². The zero-order valence-corrected chi connectivity index (χ0v) is 8.05. The van der Waals surface area contributed by atoms with Crippen molar-refractivity contribution in [3.8, 4) is 0 Å². The molecular weight excluding hydrogens is 228 g/mol. The van der Waals surface area contributed by atoms with Gasteiger partial charge < -0.3 is 15.4 Å². The van der Waals surface area contributed by atoms with Crippen LogP contribution in [0.25, 0.3) is 0 Å². The van der Waals surface area contributed by atoms with E-state index >= 15 is 0 Å². The van der Waals surface area contributed by atoms with Crippen molar-refractivity contribution < 1.29 is 20.2 Å². The van der Waals surface area contributed by atoms with E-state index in [9.17, 15) is 4.79 Å². The Kier molecular flexibility index (Phi) is 5.91. The molecule has 0 saturated heterocycles. The van der Waals surface area contributed by atoms with Crippen molar-refractivity contribution in [1.29, 1.82) is 0 Å². The summed E-state index contributed by atoms with van der Waals surface area (Å²) in [5.41, 5.74) is 0.277. The van der Waals surface area contributed by atoms with E-state index in [0.29, 0.717) is 0 Å². The molecular formula is C7H7ClN2O5. The fraction of sp³-hybridized carbons (Fsp3) is 0.143. The van der Waals surface area contributed by atoms with Crippen molar-refractivity contribution in [1.82, 2.24) is 4.98 Å².